The van der Waals surface area contributed by atoms with Crippen LogP contribution in [0, 0.1) is 0 Å². The molecule has 2 aliphatic heterocycles. The van der Waals surface area contributed by atoms with E-state index in [9.17, 15) is 13.2 Å². The lowest BCUT2D eigenvalue weighted by Gasteiger charge is -2.31. The first-order chi connectivity index (χ1) is 11.5. The Balaban J connectivity index is 2.05. The normalized spacial score (nSPS) is 31.0. The van der Waals surface area contributed by atoms with Crippen molar-refractivity contribution in [1.82, 2.24) is 5.32 Å². The van der Waals surface area contributed by atoms with E-state index in [0.29, 0.717) is 13.2 Å². The topological polar surface area (TPSA) is 100 Å². The number of carbonyl (C=O) groups is 1. The third kappa shape index (κ3) is 6.49. The number of ether oxygens (including phenoxy) is 3. The van der Waals surface area contributed by atoms with Crippen LogP contribution in [-0.2, 0) is 33.3 Å². The zero-order valence-corrected chi connectivity index (χ0v) is 16.2. The molecule has 3 atom stereocenters. The predicted molar refractivity (Wildman–Crippen MR) is 90.5 cm³/mol. The van der Waals surface area contributed by atoms with Crippen LogP contribution < -0.4 is 5.32 Å². The van der Waals surface area contributed by atoms with Gasteiger partial charge in [-0.15, -0.1) is 0 Å². The van der Waals surface area contributed by atoms with E-state index < -0.39 is 27.2 Å². The second-order valence-electron chi connectivity index (χ2n) is 7.69. The minimum atomic E-state index is -3.68. The highest BCUT2D eigenvalue weighted by Gasteiger charge is 2.49. The summed E-state index contributed by atoms with van der Waals surface area (Å²) < 4.78 is 44.6. The number of hydrogen-bond acceptors (Lipinski definition) is 8. The zero-order valence-electron chi connectivity index (χ0n) is 15.4. The zero-order chi connectivity index (χ0) is 18.7. The number of esters is 1. The van der Waals surface area contributed by atoms with Crippen molar-refractivity contribution in [3.63, 3.8) is 0 Å². The van der Waals surface area contributed by atoms with E-state index in [2.05, 4.69) is 5.32 Å². The van der Waals surface area contributed by atoms with Gasteiger partial charge < -0.3 is 14.2 Å². The Labute approximate surface area is 149 Å². The van der Waals surface area contributed by atoms with Gasteiger partial charge in [-0.1, -0.05) is 0 Å². The average molecular weight is 379 g/mol. The van der Waals surface area contributed by atoms with Crippen molar-refractivity contribution in [2.45, 2.75) is 70.0 Å². The second kappa shape index (κ2) is 7.87. The molecule has 2 unspecified atom stereocenters. The molecule has 146 valence electrons. The smallest absolute Gasteiger partial charge is 0.329 e. The lowest BCUT2D eigenvalue weighted by molar-refractivity contribution is -0.186. The van der Waals surface area contributed by atoms with Gasteiger partial charge in [0, 0.05) is 19.6 Å². The summed E-state index contributed by atoms with van der Waals surface area (Å²) in [6, 6.07) is 0. The van der Waals surface area contributed by atoms with Crippen molar-refractivity contribution >= 4 is 16.1 Å². The van der Waals surface area contributed by atoms with Crippen LogP contribution in [0.25, 0.3) is 0 Å². The fourth-order valence-electron chi connectivity index (χ4n) is 2.88. The maximum atomic E-state index is 12.7. The maximum Gasteiger partial charge on any atom is 0.329 e. The van der Waals surface area contributed by atoms with Crippen molar-refractivity contribution in [2.24, 2.45) is 0 Å². The van der Waals surface area contributed by atoms with Crippen LogP contribution in [0.2, 0.25) is 0 Å². The molecule has 0 aromatic rings. The van der Waals surface area contributed by atoms with Crippen LogP contribution in [0.1, 0.15) is 46.5 Å². The van der Waals surface area contributed by atoms with Crippen molar-refractivity contribution < 1.29 is 31.6 Å². The first kappa shape index (κ1) is 20.6. The van der Waals surface area contributed by atoms with Gasteiger partial charge >= 0.3 is 5.97 Å². The fourth-order valence-corrected chi connectivity index (χ4v) is 3.29. The van der Waals surface area contributed by atoms with Gasteiger partial charge in [-0.2, -0.15) is 8.42 Å². The van der Waals surface area contributed by atoms with Gasteiger partial charge in [-0.25, -0.2) is 4.79 Å². The van der Waals surface area contributed by atoms with Gasteiger partial charge in [0.25, 0.3) is 10.1 Å². The molecule has 2 saturated heterocycles. The molecular formula is C16H29NO7S. The first-order valence-corrected chi connectivity index (χ1v) is 10.4. The van der Waals surface area contributed by atoms with E-state index in [0.717, 1.165) is 25.5 Å². The first-order valence-electron chi connectivity index (χ1n) is 8.59. The molecule has 0 aromatic carbocycles. The standard InChI is InChI=1S/C16H29NO7S/c1-15(2,3)24-14(18)16(11-22-25(4,19)20)9-12(10-17-16)23-13-7-5-6-8-21-13/h12-13,17H,5-11H2,1-4H3/t12?,13?,16-/m0/s1. The van der Waals surface area contributed by atoms with Crippen molar-refractivity contribution in [3.05, 3.63) is 0 Å². The Kier molecular flexibility index (Phi) is 6.48. The van der Waals surface area contributed by atoms with Gasteiger partial charge in [0.1, 0.15) is 11.1 Å². The van der Waals surface area contributed by atoms with Gasteiger partial charge in [-0.05, 0) is 40.0 Å². The molecule has 2 rings (SSSR count). The Morgan fingerprint density at radius 2 is 2.04 bits per heavy atom. The van der Waals surface area contributed by atoms with E-state index in [4.69, 9.17) is 18.4 Å². The average Bonchev–Trinajstić information content (AvgIpc) is 2.88. The van der Waals surface area contributed by atoms with Gasteiger partial charge in [0.2, 0.25) is 0 Å². The van der Waals surface area contributed by atoms with E-state index in [1.807, 2.05) is 0 Å². The third-order valence-electron chi connectivity index (χ3n) is 4.04. The third-order valence-corrected chi connectivity index (χ3v) is 4.58. The highest BCUT2D eigenvalue weighted by molar-refractivity contribution is 7.85. The highest BCUT2D eigenvalue weighted by atomic mass is 32.2. The van der Waals surface area contributed by atoms with Crippen molar-refractivity contribution in [1.29, 1.82) is 0 Å². The van der Waals surface area contributed by atoms with Gasteiger partial charge in [0.05, 0.1) is 19.0 Å². The van der Waals surface area contributed by atoms with Crippen LogP contribution in [-0.4, -0.2) is 63.9 Å². The molecule has 0 spiro atoms. The lowest BCUT2D eigenvalue weighted by atomic mass is 9.97. The van der Waals surface area contributed by atoms with E-state index in [-0.39, 0.29) is 25.4 Å². The fraction of sp³-hybridized carbons (Fsp3) is 0.938. The summed E-state index contributed by atoms with van der Waals surface area (Å²) in [6.07, 6.45) is 3.53. The van der Waals surface area contributed by atoms with E-state index in [1.165, 1.54) is 0 Å². The molecule has 0 aliphatic carbocycles. The van der Waals surface area contributed by atoms with Crippen molar-refractivity contribution in [2.75, 3.05) is 26.0 Å². The van der Waals surface area contributed by atoms with Gasteiger partial charge in [0.15, 0.2) is 6.29 Å². The maximum absolute atomic E-state index is 12.7. The molecule has 0 amide bonds. The molecule has 25 heavy (non-hydrogen) atoms. The largest absolute Gasteiger partial charge is 0.459 e. The van der Waals surface area contributed by atoms with Crippen molar-refractivity contribution in [3.8, 4) is 0 Å². The number of carbonyl (C=O) groups excluding carboxylic acids is 1. The molecule has 2 heterocycles. The quantitative estimate of drug-likeness (QED) is 0.538. The number of rotatable bonds is 6. The highest BCUT2D eigenvalue weighted by Crippen LogP contribution is 2.28. The van der Waals surface area contributed by atoms with E-state index in [1.54, 1.807) is 20.8 Å². The molecule has 0 bridgehead atoms. The summed E-state index contributed by atoms with van der Waals surface area (Å²) in [4.78, 5) is 12.7. The summed E-state index contributed by atoms with van der Waals surface area (Å²) in [5.74, 6) is -0.542. The van der Waals surface area contributed by atoms with Crippen LogP contribution in [0.5, 0.6) is 0 Å². The van der Waals surface area contributed by atoms with Crippen LogP contribution >= 0.6 is 0 Å². The summed E-state index contributed by atoms with van der Waals surface area (Å²) in [6.45, 7) is 6.01. The summed E-state index contributed by atoms with van der Waals surface area (Å²) >= 11 is 0. The van der Waals surface area contributed by atoms with Crippen LogP contribution in [0.15, 0.2) is 0 Å². The summed E-state index contributed by atoms with van der Waals surface area (Å²) in [5.41, 5.74) is -1.95. The molecule has 2 fully saturated rings. The molecule has 8 nitrogen and oxygen atoms in total. The SMILES string of the molecule is CC(C)(C)OC(=O)[C@@]1(COS(C)(=O)=O)CC(OC2CCCCO2)CN1. The molecule has 0 saturated carbocycles. The molecule has 9 heteroatoms. The molecule has 2 aliphatic rings. The lowest BCUT2D eigenvalue weighted by Crippen LogP contribution is -2.54. The van der Waals surface area contributed by atoms with Crippen LogP contribution in [0.3, 0.4) is 0 Å². The summed E-state index contributed by atoms with van der Waals surface area (Å²) in [5, 5.41) is 3.06. The Hall–Kier alpha value is -0.740. The van der Waals surface area contributed by atoms with E-state index >= 15 is 0 Å². The second-order valence-corrected chi connectivity index (χ2v) is 9.33. The number of nitrogens with one attached hydrogen (secondary N) is 1. The monoisotopic (exact) mass is 379 g/mol. The Morgan fingerprint density at radius 3 is 2.60 bits per heavy atom. The Bertz CT molecular complexity index is 566. The summed E-state index contributed by atoms with van der Waals surface area (Å²) in [7, 11) is -3.68. The minimum Gasteiger partial charge on any atom is -0.459 e. The number of hydrogen-bond donors (Lipinski definition) is 1. The van der Waals surface area contributed by atoms with Crippen LogP contribution in [0.4, 0.5) is 0 Å². The molecule has 0 radical (unpaired) electrons. The molecule has 0 aromatic heterocycles. The molecule has 1 N–H and O–H groups in total. The minimum absolute atomic E-state index is 0.261. The Morgan fingerprint density at radius 1 is 1.32 bits per heavy atom. The molecular weight excluding hydrogens is 350 g/mol. The predicted octanol–water partition coefficient (Wildman–Crippen LogP) is 0.948. The van der Waals surface area contributed by atoms with Gasteiger partial charge in [-0.3, -0.25) is 9.50 Å².